The number of carboxylic acids is 1. The maximum atomic E-state index is 11.2. The lowest BCUT2D eigenvalue weighted by Gasteiger charge is -2.23. The Balaban J connectivity index is 2.17. The Labute approximate surface area is 117 Å². The molecular weight excluding hydrogens is 264 g/mol. The summed E-state index contributed by atoms with van der Waals surface area (Å²) in [6.45, 7) is 2.20. The predicted molar refractivity (Wildman–Crippen MR) is 75.1 cm³/mol. The summed E-state index contributed by atoms with van der Waals surface area (Å²) in [6, 6.07) is 0. The minimum absolute atomic E-state index is 0.256. The number of aromatic nitrogens is 1. The fourth-order valence-electron chi connectivity index (χ4n) is 2.31. The fraction of sp³-hybridized carbons (Fsp3) is 0.692. The molecule has 0 aromatic carbocycles. The maximum Gasteiger partial charge on any atom is 0.347 e. The normalized spacial score (nSPS) is 17.0. The molecule has 0 saturated carbocycles. The number of carbonyl (C=O) groups is 1. The van der Waals surface area contributed by atoms with Gasteiger partial charge in [-0.2, -0.15) is 0 Å². The Morgan fingerprint density at radius 1 is 1.32 bits per heavy atom. The van der Waals surface area contributed by atoms with Crippen molar-refractivity contribution in [3.63, 3.8) is 0 Å². The Kier molecular flexibility index (Phi) is 5.15. The summed E-state index contributed by atoms with van der Waals surface area (Å²) in [5.74, 6) is -0.914. The van der Waals surface area contributed by atoms with E-state index >= 15 is 0 Å². The van der Waals surface area contributed by atoms with E-state index in [2.05, 4.69) is 9.88 Å². The molecular formula is C13H20N2O3S. The first-order valence-corrected chi connectivity index (χ1v) is 7.51. The van der Waals surface area contributed by atoms with Crippen LogP contribution in [0.25, 0.3) is 0 Å². The van der Waals surface area contributed by atoms with Crippen molar-refractivity contribution in [3.8, 4) is 0 Å². The highest BCUT2D eigenvalue weighted by atomic mass is 32.1. The third kappa shape index (κ3) is 3.67. The summed E-state index contributed by atoms with van der Waals surface area (Å²) < 4.78 is 5.03. The number of carboxylic acid groups (broad SMARTS) is 1. The lowest BCUT2D eigenvalue weighted by molar-refractivity contribution is 0.0697. The number of thiazole rings is 1. The van der Waals surface area contributed by atoms with Crippen LogP contribution < -0.4 is 4.90 Å². The van der Waals surface area contributed by atoms with Crippen LogP contribution in [0.4, 0.5) is 5.13 Å². The predicted octanol–water partition coefficient (Wildman–Crippen LogP) is 2.76. The molecule has 2 heterocycles. The van der Waals surface area contributed by atoms with E-state index in [0.29, 0.717) is 10.6 Å². The number of rotatable bonds is 4. The summed E-state index contributed by atoms with van der Waals surface area (Å²) in [7, 11) is 1.56. The molecule has 1 aromatic heterocycles. The molecule has 1 aliphatic rings. The fourth-order valence-corrected chi connectivity index (χ4v) is 3.27. The van der Waals surface area contributed by atoms with Crippen LogP contribution in [-0.4, -0.2) is 36.3 Å². The molecule has 106 valence electrons. The Hall–Kier alpha value is -1.14. The van der Waals surface area contributed by atoms with Gasteiger partial charge < -0.3 is 14.7 Å². The number of hydrogen-bond acceptors (Lipinski definition) is 5. The molecule has 5 nitrogen and oxygen atoms in total. The maximum absolute atomic E-state index is 11.2. The number of ether oxygens (including phenoxy) is 1. The van der Waals surface area contributed by atoms with E-state index in [9.17, 15) is 9.90 Å². The van der Waals surface area contributed by atoms with Gasteiger partial charge in [0.1, 0.15) is 4.88 Å². The van der Waals surface area contributed by atoms with E-state index in [-0.39, 0.29) is 6.61 Å². The van der Waals surface area contributed by atoms with Crippen LogP contribution >= 0.6 is 11.3 Å². The quantitative estimate of drug-likeness (QED) is 0.921. The van der Waals surface area contributed by atoms with Crippen LogP contribution in [0.3, 0.4) is 0 Å². The highest BCUT2D eigenvalue weighted by molar-refractivity contribution is 7.17. The molecule has 19 heavy (non-hydrogen) atoms. The molecule has 0 aliphatic carbocycles. The summed E-state index contributed by atoms with van der Waals surface area (Å²) in [4.78, 5) is 18.2. The van der Waals surface area contributed by atoms with Gasteiger partial charge in [0.2, 0.25) is 0 Å². The summed E-state index contributed by atoms with van der Waals surface area (Å²) in [5.41, 5.74) is 0.539. The van der Waals surface area contributed by atoms with Gasteiger partial charge in [0.05, 0.1) is 12.3 Å². The van der Waals surface area contributed by atoms with Crippen LogP contribution in [-0.2, 0) is 11.3 Å². The molecule has 0 spiro atoms. The van der Waals surface area contributed by atoms with Crippen LogP contribution in [0, 0.1) is 0 Å². The first-order chi connectivity index (χ1) is 9.22. The van der Waals surface area contributed by atoms with Gasteiger partial charge in [-0.3, -0.25) is 0 Å². The zero-order valence-corrected chi connectivity index (χ0v) is 12.0. The number of methoxy groups -OCH3 is 1. The summed E-state index contributed by atoms with van der Waals surface area (Å²) in [5, 5.41) is 10.0. The average molecular weight is 284 g/mol. The SMILES string of the molecule is COCc1nc(N2CCCCCCC2)sc1C(=O)O. The molecule has 0 unspecified atom stereocenters. The lowest BCUT2D eigenvalue weighted by atomic mass is 10.1. The van der Waals surface area contributed by atoms with Crippen LogP contribution in [0.5, 0.6) is 0 Å². The van der Waals surface area contributed by atoms with Crippen molar-refractivity contribution >= 4 is 22.4 Å². The summed E-state index contributed by atoms with van der Waals surface area (Å²) in [6.07, 6.45) is 6.11. The second-order valence-corrected chi connectivity index (χ2v) is 5.74. The Morgan fingerprint density at radius 2 is 1.95 bits per heavy atom. The van der Waals surface area contributed by atoms with Crippen LogP contribution in [0.15, 0.2) is 0 Å². The topological polar surface area (TPSA) is 62.7 Å². The molecule has 0 atom stereocenters. The highest BCUT2D eigenvalue weighted by Crippen LogP contribution is 2.28. The number of hydrogen-bond donors (Lipinski definition) is 1. The highest BCUT2D eigenvalue weighted by Gasteiger charge is 2.20. The van der Waals surface area contributed by atoms with Gasteiger partial charge >= 0.3 is 5.97 Å². The van der Waals surface area contributed by atoms with Gasteiger partial charge in [-0.05, 0) is 12.8 Å². The third-order valence-corrected chi connectivity index (χ3v) is 4.43. The molecule has 1 aromatic rings. The molecule has 1 saturated heterocycles. The van der Waals surface area contributed by atoms with E-state index in [0.717, 1.165) is 31.1 Å². The smallest absolute Gasteiger partial charge is 0.347 e. The Bertz CT molecular complexity index is 426. The molecule has 6 heteroatoms. The monoisotopic (exact) mass is 284 g/mol. The number of anilines is 1. The van der Waals surface area contributed by atoms with E-state index in [1.807, 2.05) is 0 Å². The third-order valence-electron chi connectivity index (χ3n) is 3.29. The van der Waals surface area contributed by atoms with Crippen molar-refractivity contribution < 1.29 is 14.6 Å². The van der Waals surface area contributed by atoms with Crippen molar-refractivity contribution in [2.24, 2.45) is 0 Å². The summed E-state index contributed by atoms with van der Waals surface area (Å²) >= 11 is 1.27. The molecule has 1 aliphatic heterocycles. The number of nitrogens with zero attached hydrogens (tertiary/aromatic N) is 2. The van der Waals surface area contributed by atoms with E-state index in [4.69, 9.17) is 4.74 Å². The average Bonchev–Trinajstić information content (AvgIpc) is 2.73. The largest absolute Gasteiger partial charge is 0.477 e. The van der Waals surface area contributed by atoms with E-state index < -0.39 is 5.97 Å². The zero-order valence-electron chi connectivity index (χ0n) is 11.2. The van der Waals surface area contributed by atoms with Gasteiger partial charge in [0, 0.05) is 20.2 Å². The van der Waals surface area contributed by atoms with Gasteiger partial charge in [0.25, 0.3) is 0 Å². The van der Waals surface area contributed by atoms with Crippen molar-refractivity contribution in [2.75, 3.05) is 25.1 Å². The zero-order chi connectivity index (χ0) is 13.7. The first kappa shape index (κ1) is 14.3. The minimum atomic E-state index is -0.914. The molecule has 1 N–H and O–H groups in total. The lowest BCUT2D eigenvalue weighted by Crippen LogP contribution is -2.26. The van der Waals surface area contributed by atoms with Gasteiger partial charge in [-0.25, -0.2) is 9.78 Å². The van der Waals surface area contributed by atoms with Gasteiger partial charge in [0.15, 0.2) is 5.13 Å². The van der Waals surface area contributed by atoms with Gasteiger partial charge in [-0.15, -0.1) is 0 Å². The minimum Gasteiger partial charge on any atom is -0.477 e. The van der Waals surface area contributed by atoms with Crippen LogP contribution in [0.1, 0.15) is 47.5 Å². The van der Waals surface area contributed by atoms with Crippen molar-refractivity contribution in [1.29, 1.82) is 0 Å². The Morgan fingerprint density at radius 3 is 2.53 bits per heavy atom. The molecule has 1 fully saturated rings. The van der Waals surface area contributed by atoms with E-state index in [1.165, 1.54) is 30.6 Å². The molecule has 0 bridgehead atoms. The first-order valence-electron chi connectivity index (χ1n) is 6.69. The van der Waals surface area contributed by atoms with Crippen molar-refractivity contribution in [2.45, 2.75) is 38.7 Å². The molecule has 0 amide bonds. The molecule has 0 radical (unpaired) electrons. The second-order valence-electron chi connectivity index (χ2n) is 4.77. The van der Waals surface area contributed by atoms with Crippen LogP contribution in [0.2, 0.25) is 0 Å². The second kappa shape index (κ2) is 6.86. The number of aromatic carboxylic acids is 1. The van der Waals surface area contributed by atoms with Crippen molar-refractivity contribution in [3.05, 3.63) is 10.6 Å². The standard InChI is InChI=1S/C13H20N2O3S/c1-18-9-10-11(12(16)17)19-13(14-10)15-7-5-3-2-4-6-8-15/h2-9H2,1H3,(H,16,17). The molecule has 2 rings (SSSR count). The van der Waals surface area contributed by atoms with E-state index in [1.54, 1.807) is 7.11 Å². The van der Waals surface area contributed by atoms with Gasteiger partial charge in [-0.1, -0.05) is 30.6 Å². The van der Waals surface area contributed by atoms with Crippen molar-refractivity contribution in [1.82, 2.24) is 4.98 Å².